The second-order valence-electron chi connectivity index (χ2n) is 7.40. The summed E-state index contributed by atoms with van der Waals surface area (Å²) in [7, 11) is 0. The van der Waals surface area contributed by atoms with E-state index < -0.39 is 11.7 Å². The lowest BCUT2D eigenvalue weighted by Crippen LogP contribution is -2.26. The van der Waals surface area contributed by atoms with Gasteiger partial charge in [0.05, 0.1) is 11.7 Å². The molecule has 0 spiro atoms. The SMILES string of the molecule is CC(C)(C)OC(=O)n1ccc2c(C=NN=C(N)SCc3ccccc3)cccc21. The second kappa shape index (κ2) is 8.96. The molecule has 6 nitrogen and oxygen atoms in total. The summed E-state index contributed by atoms with van der Waals surface area (Å²) in [5.41, 5.74) is 8.14. The number of rotatable bonds is 4. The van der Waals surface area contributed by atoms with E-state index in [0.29, 0.717) is 5.17 Å². The van der Waals surface area contributed by atoms with Crippen LogP contribution >= 0.6 is 11.8 Å². The van der Waals surface area contributed by atoms with E-state index >= 15 is 0 Å². The lowest BCUT2D eigenvalue weighted by atomic mass is 10.1. The molecule has 2 aromatic carbocycles. The van der Waals surface area contributed by atoms with Crippen LogP contribution in [0.4, 0.5) is 4.79 Å². The van der Waals surface area contributed by atoms with Crippen molar-refractivity contribution in [3.63, 3.8) is 0 Å². The molecule has 0 unspecified atom stereocenters. The third-order valence-corrected chi connectivity index (χ3v) is 4.79. The number of fused-ring (bicyclic) bond motifs is 1. The first-order chi connectivity index (χ1) is 13.8. The maximum absolute atomic E-state index is 12.4. The molecular formula is C22H24N4O2S. The van der Waals surface area contributed by atoms with Crippen LogP contribution in [-0.2, 0) is 10.5 Å². The first-order valence-electron chi connectivity index (χ1n) is 9.20. The van der Waals surface area contributed by atoms with Crippen LogP contribution in [0.2, 0.25) is 0 Å². The van der Waals surface area contributed by atoms with Crippen LogP contribution < -0.4 is 5.73 Å². The molecule has 29 heavy (non-hydrogen) atoms. The molecule has 0 aliphatic heterocycles. The summed E-state index contributed by atoms with van der Waals surface area (Å²) < 4.78 is 6.95. The van der Waals surface area contributed by atoms with Crippen molar-refractivity contribution in [2.24, 2.45) is 15.9 Å². The Kier molecular flexibility index (Phi) is 6.39. The summed E-state index contributed by atoms with van der Waals surface area (Å²) in [4.78, 5) is 12.4. The molecule has 150 valence electrons. The Balaban J connectivity index is 1.72. The molecule has 3 rings (SSSR count). The van der Waals surface area contributed by atoms with E-state index in [9.17, 15) is 4.79 Å². The van der Waals surface area contributed by atoms with Crippen molar-refractivity contribution < 1.29 is 9.53 Å². The molecule has 0 saturated heterocycles. The van der Waals surface area contributed by atoms with Gasteiger partial charge in [-0.2, -0.15) is 5.10 Å². The number of hydrogen-bond donors (Lipinski definition) is 1. The highest BCUT2D eigenvalue weighted by Crippen LogP contribution is 2.21. The van der Waals surface area contributed by atoms with Gasteiger partial charge in [-0.3, -0.25) is 4.57 Å². The third-order valence-electron chi connectivity index (χ3n) is 3.94. The van der Waals surface area contributed by atoms with Crippen molar-refractivity contribution in [2.45, 2.75) is 32.1 Å². The summed E-state index contributed by atoms with van der Waals surface area (Å²) in [5.74, 6) is 0.736. The van der Waals surface area contributed by atoms with E-state index in [1.807, 2.05) is 75.4 Å². The van der Waals surface area contributed by atoms with Gasteiger partial charge in [-0.25, -0.2) is 4.79 Å². The molecule has 0 saturated carbocycles. The van der Waals surface area contributed by atoms with Gasteiger partial charge in [-0.05, 0) is 38.5 Å². The Morgan fingerprint density at radius 1 is 1.14 bits per heavy atom. The zero-order valence-electron chi connectivity index (χ0n) is 16.7. The van der Waals surface area contributed by atoms with Gasteiger partial charge in [-0.15, -0.1) is 5.10 Å². The Morgan fingerprint density at radius 3 is 2.62 bits per heavy atom. The highest BCUT2D eigenvalue weighted by Gasteiger charge is 2.19. The smallest absolute Gasteiger partial charge is 0.418 e. The van der Waals surface area contributed by atoms with Crippen molar-refractivity contribution >= 4 is 40.1 Å². The summed E-state index contributed by atoms with van der Waals surface area (Å²) in [6.45, 7) is 5.52. The minimum absolute atomic E-state index is 0.392. The van der Waals surface area contributed by atoms with Crippen LogP contribution in [0.1, 0.15) is 31.9 Å². The van der Waals surface area contributed by atoms with Gasteiger partial charge in [0.2, 0.25) is 0 Å². The average molecular weight is 409 g/mol. The first-order valence-corrected chi connectivity index (χ1v) is 10.2. The minimum Gasteiger partial charge on any atom is -0.443 e. The van der Waals surface area contributed by atoms with Crippen molar-refractivity contribution in [1.29, 1.82) is 0 Å². The van der Waals surface area contributed by atoms with Gasteiger partial charge in [0.25, 0.3) is 0 Å². The van der Waals surface area contributed by atoms with Crippen LogP contribution in [0, 0.1) is 0 Å². The summed E-state index contributed by atoms with van der Waals surface area (Å²) in [6.07, 6.45) is 2.92. The van der Waals surface area contributed by atoms with Crippen molar-refractivity contribution in [3.05, 3.63) is 71.9 Å². The Hall–Kier alpha value is -3.06. The Bertz CT molecular complexity index is 1050. The van der Waals surface area contributed by atoms with Crippen molar-refractivity contribution in [1.82, 2.24) is 4.57 Å². The van der Waals surface area contributed by atoms with Crippen molar-refractivity contribution in [3.8, 4) is 0 Å². The van der Waals surface area contributed by atoms with Crippen molar-refractivity contribution in [2.75, 3.05) is 0 Å². The highest BCUT2D eigenvalue weighted by atomic mass is 32.2. The fourth-order valence-corrected chi connectivity index (χ4v) is 3.29. The third kappa shape index (κ3) is 5.71. The number of hydrogen-bond acceptors (Lipinski definition) is 5. The lowest BCUT2D eigenvalue weighted by Gasteiger charge is -2.19. The molecule has 1 heterocycles. The van der Waals surface area contributed by atoms with Gasteiger partial charge < -0.3 is 10.5 Å². The van der Waals surface area contributed by atoms with E-state index in [0.717, 1.165) is 22.2 Å². The van der Waals surface area contributed by atoms with Gasteiger partial charge in [0, 0.05) is 22.9 Å². The molecule has 0 fully saturated rings. The van der Waals surface area contributed by atoms with Gasteiger partial charge in [0.15, 0.2) is 5.17 Å². The molecule has 0 radical (unpaired) electrons. The predicted octanol–water partition coefficient (Wildman–Crippen LogP) is 5.01. The quantitative estimate of drug-likeness (QED) is 0.374. The molecule has 1 aromatic heterocycles. The molecule has 3 aromatic rings. The molecule has 7 heteroatoms. The van der Waals surface area contributed by atoms with E-state index in [-0.39, 0.29) is 0 Å². The van der Waals surface area contributed by atoms with Gasteiger partial charge >= 0.3 is 6.09 Å². The Labute approximate surface area is 174 Å². The number of aromatic nitrogens is 1. The summed E-state index contributed by atoms with van der Waals surface area (Å²) in [5, 5.41) is 9.44. The number of amidine groups is 1. The number of nitrogens with zero attached hydrogens (tertiary/aromatic N) is 3. The van der Waals surface area contributed by atoms with E-state index in [1.165, 1.54) is 21.9 Å². The zero-order chi connectivity index (χ0) is 20.9. The minimum atomic E-state index is -0.559. The largest absolute Gasteiger partial charge is 0.443 e. The maximum atomic E-state index is 12.4. The number of thioether (sulfide) groups is 1. The predicted molar refractivity (Wildman–Crippen MR) is 121 cm³/mol. The summed E-state index contributed by atoms with van der Waals surface area (Å²) in [6, 6.07) is 17.5. The molecule has 2 N–H and O–H groups in total. The standard InChI is InChI=1S/C22H24N4O2S/c1-22(2,3)28-21(27)26-13-12-18-17(10-7-11-19(18)26)14-24-25-20(23)29-15-16-8-5-4-6-9-16/h4-14H,15H2,1-3H3,(H2,23,25). The van der Waals surface area contributed by atoms with E-state index in [2.05, 4.69) is 10.2 Å². The average Bonchev–Trinajstić information content (AvgIpc) is 3.11. The van der Waals surface area contributed by atoms with E-state index in [4.69, 9.17) is 10.5 Å². The van der Waals surface area contributed by atoms with Crippen LogP contribution in [0.3, 0.4) is 0 Å². The number of ether oxygens (including phenoxy) is 1. The number of carbonyl (C=O) groups is 1. The molecule has 0 atom stereocenters. The molecule has 0 aliphatic carbocycles. The number of carbonyl (C=O) groups excluding carboxylic acids is 1. The van der Waals surface area contributed by atoms with Crippen LogP contribution in [0.25, 0.3) is 10.9 Å². The normalized spacial score (nSPS) is 12.6. The fourth-order valence-electron chi connectivity index (χ4n) is 2.68. The zero-order valence-corrected chi connectivity index (χ0v) is 17.5. The topological polar surface area (TPSA) is 82.0 Å². The van der Waals surface area contributed by atoms with Crippen LogP contribution in [0.5, 0.6) is 0 Å². The number of benzene rings is 2. The van der Waals surface area contributed by atoms with E-state index in [1.54, 1.807) is 12.4 Å². The van der Waals surface area contributed by atoms with Gasteiger partial charge in [0.1, 0.15) is 5.60 Å². The lowest BCUT2D eigenvalue weighted by molar-refractivity contribution is 0.0544. The fraction of sp³-hybridized carbons (Fsp3) is 0.227. The summed E-state index contributed by atoms with van der Waals surface area (Å²) >= 11 is 1.43. The maximum Gasteiger partial charge on any atom is 0.418 e. The first kappa shape index (κ1) is 20.7. The van der Waals surface area contributed by atoms with Crippen LogP contribution in [-0.4, -0.2) is 27.6 Å². The molecule has 0 amide bonds. The molecule has 0 aliphatic rings. The number of nitrogens with two attached hydrogens (primary N) is 1. The molecule has 0 bridgehead atoms. The molecular weight excluding hydrogens is 384 g/mol. The highest BCUT2D eigenvalue weighted by molar-refractivity contribution is 8.13. The second-order valence-corrected chi connectivity index (χ2v) is 8.40. The monoisotopic (exact) mass is 408 g/mol. The van der Waals surface area contributed by atoms with Crippen LogP contribution in [0.15, 0.2) is 71.0 Å². The van der Waals surface area contributed by atoms with Gasteiger partial charge in [-0.1, -0.05) is 54.2 Å². The Morgan fingerprint density at radius 2 is 1.90 bits per heavy atom.